The quantitative estimate of drug-likeness (QED) is 0.495. The van der Waals surface area contributed by atoms with E-state index >= 15 is 0 Å². The van der Waals surface area contributed by atoms with Crippen molar-refractivity contribution in [2.75, 3.05) is 23.3 Å². The maximum atomic E-state index is 13.1. The van der Waals surface area contributed by atoms with Gasteiger partial charge in [0, 0.05) is 48.2 Å². The van der Waals surface area contributed by atoms with Crippen molar-refractivity contribution >= 4 is 28.4 Å². The number of pyridine rings is 1. The average Bonchev–Trinajstić information content (AvgIpc) is 2.85. The summed E-state index contributed by atoms with van der Waals surface area (Å²) in [7, 11) is 0. The average molecular weight is 460 g/mol. The summed E-state index contributed by atoms with van der Waals surface area (Å²) in [5.41, 5.74) is 2.99. The van der Waals surface area contributed by atoms with Crippen LogP contribution in [0.25, 0.3) is 11.0 Å². The Morgan fingerprint density at radius 1 is 1.00 bits per heavy atom. The normalized spacial score (nSPS) is 23.4. The Bertz CT molecular complexity index is 1180. The van der Waals surface area contributed by atoms with E-state index in [1.54, 1.807) is 6.07 Å². The van der Waals surface area contributed by atoms with Crippen molar-refractivity contribution in [2.45, 2.75) is 65.3 Å². The van der Waals surface area contributed by atoms with Crippen LogP contribution in [0.15, 0.2) is 47.4 Å². The van der Waals surface area contributed by atoms with Gasteiger partial charge >= 0.3 is 0 Å². The molecule has 0 amide bonds. The Hall–Kier alpha value is -2.89. The maximum Gasteiger partial charge on any atom is 0.252 e. The van der Waals surface area contributed by atoms with Gasteiger partial charge in [-0.15, -0.1) is 0 Å². The van der Waals surface area contributed by atoms with Crippen LogP contribution in [0.3, 0.4) is 0 Å². The first-order valence-corrected chi connectivity index (χ1v) is 13.0. The number of anilines is 3. The largest absolute Gasteiger partial charge is 0.372 e. The molecular weight excluding hydrogens is 422 g/mol. The third kappa shape index (κ3) is 4.68. The van der Waals surface area contributed by atoms with E-state index < -0.39 is 0 Å². The van der Waals surface area contributed by atoms with Crippen molar-refractivity contribution < 1.29 is 0 Å². The van der Waals surface area contributed by atoms with Gasteiger partial charge in [0.25, 0.3) is 5.56 Å². The summed E-state index contributed by atoms with van der Waals surface area (Å²) < 4.78 is 1.95. The van der Waals surface area contributed by atoms with Gasteiger partial charge in [-0.2, -0.15) is 4.98 Å². The Balaban J connectivity index is 1.43. The summed E-state index contributed by atoms with van der Waals surface area (Å²) in [6.45, 7) is 9.14. The molecule has 6 nitrogen and oxygen atoms in total. The van der Waals surface area contributed by atoms with Crippen molar-refractivity contribution in [2.24, 2.45) is 17.8 Å². The van der Waals surface area contributed by atoms with Gasteiger partial charge in [-0.1, -0.05) is 20.8 Å². The van der Waals surface area contributed by atoms with Crippen LogP contribution in [0.2, 0.25) is 0 Å². The van der Waals surface area contributed by atoms with E-state index in [0.717, 1.165) is 42.7 Å². The number of nitrogens with one attached hydrogen (secondary N) is 1. The molecule has 6 heteroatoms. The minimum absolute atomic E-state index is 0.0318. The molecule has 1 N–H and O–H groups in total. The van der Waals surface area contributed by atoms with Crippen molar-refractivity contribution in [1.82, 2.24) is 14.5 Å². The highest BCUT2D eigenvalue weighted by Crippen LogP contribution is 2.40. The van der Waals surface area contributed by atoms with Crippen molar-refractivity contribution in [3.63, 3.8) is 0 Å². The highest BCUT2D eigenvalue weighted by Gasteiger charge is 2.32. The van der Waals surface area contributed by atoms with E-state index in [1.165, 1.54) is 31.4 Å². The highest BCUT2D eigenvalue weighted by molar-refractivity contribution is 5.76. The molecule has 2 fully saturated rings. The van der Waals surface area contributed by atoms with Crippen LogP contribution in [0.4, 0.5) is 17.3 Å². The predicted octanol–water partition coefficient (Wildman–Crippen LogP) is 6.16. The number of aromatic nitrogens is 3. The van der Waals surface area contributed by atoms with Crippen molar-refractivity contribution in [3.05, 3.63) is 52.9 Å². The van der Waals surface area contributed by atoms with Gasteiger partial charge in [-0.05, 0) is 86.6 Å². The fourth-order valence-electron chi connectivity index (χ4n) is 5.75. The van der Waals surface area contributed by atoms with Gasteiger partial charge in [0.2, 0.25) is 5.95 Å². The summed E-state index contributed by atoms with van der Waals surface area (Å²) in [5, 5.41) is 4.26. The molecule has 3 atom stereocenters. The zero-order valence-corrected chi connectivity index (χ0v) is 20.7. The minimum Gasteiger partial charge on any atom is -0.372 e. The van der Waals surface area contributed by atoms with Gasteiger partial charge in [-0.25, -0.2) is 4.98 Å². The highest BCUT2D eigenvalue weighted by atomic mass is 16.1. The molecule has 5 rings (SSSR count). The van der Waals surface area contributed by atoms with Crippen LogP contribution in [0.5, 0.6) is 0 Å². The van der Waals surface area contributed by atoms with E-state index in [2.05, 4.69) is 60.2 Å². The number of hydrogen-bond donors (Lipinski definition) is 1. The first-order valence-electron chi connectivity index (χ1n) is 13.0. The summed E-state index contributed by atoms with van der Waals surface area (Å²) in [6, 6.07) is 12.2. The van der Waals surface area contributed by atoms with E-state index in [-0.39, 0.29) is 11.6 Å². The Morgan fingerprint density at radius 2 is 1.76 bits per heavy atom. The fourth-order valence-corrected chi connectivity index (χ4v) is 5.75. The second kappa shape index (κ2) is 9.77. The topological polar surface area (TPSA) is 63.1 Å². The lowest BCUT2D eigenvalue weighted by atomic mass is 9.74. The van der Waals surface area contributed by atoms with Crippen LogP contribution in [-0.2, 0) is 0 Å². The van der Waals surface area contributed by atoms with Gasteiger partial charge in [-0.3, -0.25) is 9.36 Å². The number of rotatable bonds is 5. The van der Waals surface area contributed by atoms with Crippen LogP contribution in [0, 0.1) is 17.8 Å². The molecule has 34 heavy (non-hydrogen) atoms. The number of piperidine rings is 1. The molecule has 3 unspecified atom stereocenters. The van der Waals surface area contributed by atoms with Crippen LogP contribution in [-0.4, -0.2) is 27.6 Å². The second-order valence-corrected chi connectivity index (χ2v) is 10.6. The summed E-state index contributed by atoms with van der Waals surface area (Å²) in [5.74, 6) is 2.25. The van der Waals surface area contributed by atoms with E-state index in [0.29, 0.717) is 23.7 Å². The molecule has 2 aliphatic rings. The molecule has 1 aliphatic heterocycles. The molecular formula is C28H37N5O. The monoisotopic (exact) mass is 459 g/mol. The maximum absolute atomic E-state index is 13.1. The number of fused-ring (bicyclic) bond motifs is 1. The molecule has 2 aromatic heterocycles. The number of benzene rings is 1. The van der Waals surface area contributed by atoms with Gasteiger partial charge in [0.1, 0.15) is 5.65 Å². The van der Waals surface area contributed by atoms with Crippen LogP contribution in [0.1, 0.15) is 65.3 Å². The smallest absolute Gasteiger partial charge is 0.252 e. The fraction of sp³-hybridized carbons (Fsp3) is 0.536. The van der Waals surface area contributed by atoms with Crippen molar-refractivity contribution in [1.29, 1.82) is 0 Å². The molecule has 1 aliphatic carbocycles. The summed E-state index contributed by atoms with van der Waals surface area (Å²) in [6.07, 6.45) is 9.12. The SMILES string of the molecule is CC(C)C1CCC(C)C(n2c(=O)ccc3cnc(Nc4ccc(N5CCCCC5)cc4)nc32)C1. The third-order valence-corrected chi connectivity index (χ3v) is 7.98. The van der Waals surface area contributed by atoms with E-state index in [9.17, 15) is 4.79 Å². The molecule has 3 heterocycles. The number of nitrogens with zero attached hydrogens (tertiary/aromatic N) is 4. The van der Waals surface area contributed by atoms with Gasteiger partial charge in [0.15, 0.2) is 0 Å². The van der Waals surface area contributed by atoms with Crippen LogP contribution < -0.4 is 15.8 Å². The summed E-state index contributed by atoms with van der Waals surface area (Å²) in [4.78, 5) is 24.9. The number of hydrogen-bond acceptors (Lipinski definition) is 5. The third-order valence-electron chi connectivity index (χ3n) is 7.98. The zero-order chi connectivity index (χ0) is 23.7. The molecule has 0 radical (unpaired) electrons. The Labute approximate surface area is 202 Å². The lowest BCUT2D eigenvalue weighted by molar-refractivity contribution is 0.162. The van der Waals surface area contributed by atoms with Crippen LogP contribution >= 0.6 is 0 Å². The Kier molecular flexibility index (Phi) is 6.57. The standard InChI is InChI=1S/C28H37N5O/c1-19(2)21-8-7-20(3)25(17-21)33-26(34)14-9-22-18-29-28(31-27(22)33)30-23-10-12-24(13-11-23)32-15-5-4-6-16-32/h9-14,18-21,25H,4-8,15-17H2,1-3H3,(H,29,30,31). The first kappa shape index (κ1) is 22.9. The zero-order valence-electron chi connectivity index (χ0n) is 20.7. The molecule has 0 bridgehead atoms. The molecule has 180 valence electrons. The van der Waals surface area contributed by atoms with Gasteiger partial charge < -0.3 is 10.2 Å². The molecule has 0 spiro atoms. The van der Waals surface area contributed by atoms with E-state index in [1.807, 2.05) is 16.8 Å². The second-order valence-electron chi connectivity index (χ2n) is 10.6. The summed E-state index contributed by atoms with van der Waals surface area (Å²) >= 11 is 0. The van der Waals surface area contributed by atoms with Gasteiger partial charge in [0.05, 0.1) is 0 Å². The lowest BCUT2D eigenvalue weighted by Gasteiger charge is -2.37. The predicted molar refractivity (Wildman–Crippen MR) is 140 cm³/mol. The molecule has 1 saturated carbocycles. The minimum atomic E-state index is 0.0318. The first-order chi connectivity index (χ1) is 16.5. The molecule has 3 aromatic rings. The lowest BCUT2D eigenvalue weighted by Crippen LogP contribution is -2.34. The molecule has 1 aromatic carbocycles. The van der Waals surface area contributed by atoms with Crippen molar-refractivity contribution in [3.8, 4) is 0 Å². The molecule has 1 saturated heterocycles. The van der Waals surface area contributed by atoms with E-state index in [4.69, 9.17) is 4.98 Å². The Morgan fingerprint density at radius 3 is 2.50 bits per heavy atom.